The Labute approximate surface area is 133 Å². The summed E-state index contributed by atoms with van der Waals surface area (Å²) in [7, 11) is -3.23. The molecule has 0 fully saturated rings. The Morgan fingerprint density at radius 3 is 2.27 bits per heavy atom. The van der Waals surface area contributed by atoms with E-state index >= 15 is 0 Å². The van der Waals surface area contributed by atoms with Gasteiger partial charge in [0, 0.05) is 0 Å². The first-order chi connectivity index (χ1) is 10.5. The van der Waals surface area contributed by atoms with E-state index in [-0.39, 0.29) is 11.7 Å². The summed E-state index contributed by atoms with van der Waals surface area (Å²) >= 11 is 0. The lowest BCUT2D eigenvalue weighted by molar-refractivity contribution is 0.584. The van der Waals surface area contributed by atoms with Crippen LogP contribution in [0.15, 0.2) is 72.1 Å². The van der Waals surface area contributed by atoms with Crippen LogP contribution in [0.3, 0.4) is 0 Å². The molecule has 0 bridgehead atoms. The van der Waals surface area contributed by atoms with Crippen molar-refractivity contribution in [2.45, 2.75) is 30.6 Å². The molecular weight excluding hydrogens is 292 g/mol. The van der Waals surface area contributed by atoms with Crippen molar-refractivity contribution < 1.29 is 8.42 Å². The van der Waals surface area contributed by atoms with Crippen molar-refractivity contribution in [2.24, 2.45) is 0 Å². The molecule has 0 aliphatic rings. The molecule has 0 aliphatic heterocycles. The highest BCUT2D eigenvalue weighted by atomic mass is 32.2. The molecule has 2 aromatic carbocycles. The first-order valence-electron chi connectivity index (χ1n) is 7.48. The summed E-state index contributed by atoms with van der Waals surface area (Å²) in [5.74, 6) is 0.350. The van der Waals surface area contributed by atoms with Crippen molar-refractivity contribution in [3.63, 3.8) is 0 Å². The van der Waals surface area contributed by atoms with Crippen molar-refractivity contribution in [3.05, 3.63) is 78.4 Å². The number of rotatable bonds is 7. The molecule has 2 aromatic rings. The molecule has 2 nitrogen and oxygen atoms in total. The van der Waals surface area contributed by atoms with Crippen LogP contribution < -0.4 is 0 Å². The Balaban J connectivity index is 2.11. The predicted molar refractivity (Wildman–Crippen MR) is 91.8 cm³/mol. The number of allylic oxidation sites excluding steroid dienone is 1. The van der Waals surface area contributed by atoms with Gasteiger partial charge in [-0.05, 0) is 43.4 Å². The van der Waals surface area contributed by atoms with Crippen molar-refractivity contribution in [1.29, 1.82) is 0 Å². The molecule has 0 N–H and O–H groups in total. The lowest BCUT2D eigenvalue weighted by Gasteiger charge is -2.15. The number of benzene rings is 2. The van der Waals surface area contributed by atoms with Gasteiger partial charge >= 0.3 is 0 Å². The van der Waals surface area contributed by atoms with Gasteiger partial charge < -0.3 is 0 Å². The Bertz CT molecular complexity index is 701. The lowest BCUT2D eigenvalue weighted by Crippen LogP contribution is -2.11. The van der Waals surface area contributed by atoms with Gasteiger partial charge in [-0.15, -0.1) is 6.58 Å². The van der Waals surface area contributed by atoms with E-state index in [0.29, 0.717) is 11.3 Å². The van der Waals surface area contributed by atoms with Crippen LogP contribution in [0.25, 0.3) is 0 Å². The van der Waals surface area contributed by atoms with Gasteiger partial charge in [0.05, 0.1) is 10.6 Å². The van der Waals surface area contributed by atoms with Gasteiger partial charge in [-0.3, -0.25) is 0 Å². The van der Waals surface area contributed by atoms with E-state index in [4.69, 9.17) is 0 Å². The van der Waals surface area contributed by atoms with Crippen LogP contribution in [0.2, 0.25) is 0 Å². The Morgan fingerprint density at radius 2 is 1.68 bits per heavy atom. The number of hydrogen-bond acceptors (Lipinski definition) is 2. The highest BCUT2D eigenvalue weighted by Crippen LogP contribution is 2.25. The molecule has 0 radical (unpaired) electrons. The maximum Gasteiger partial charge on any atom is 0.178 e. The molecule has 1 atom stereocenters. The van der Waals surface area contributed by atoms with Crippen LogP contribution in [0.4, 0.5) is 0 Å². The summed E-state index contributed by atoms with van der Waals surface area (Å²) in [5.41, 5.74) is 2.23. The van der Waals surface area contributed by atoms with Gasteiger partial charge in [0.15, 0.2) is 9.84 Å². The monoisotopic (exact) mass is 314 g/mol. The first-order valence-corrected chi connectivity index (χ1v) is 9.13. The second kappa shape index (κ2) is 7.41. The zero-order chi connectivity index (χ0) is 16.0. The maximum absolute atomic E-state index is 12.5. The second-order valence-corrected chi connectivity index (χ2v) is 7.66. The molecule has 0 saturated heterocycles. The third-order valence-electron chi connectivity index (χ3n) is 3.84. The van der Waals surface area contributed by atoms with Gasteiger partial charge in [-0.2, -0.15) is 0 Å². The van der Waals surface area contributed by atoms with E-state index in [1.165, 1.54) is 5.56 Å². The summed E-state index contributed by atoms with van der Waals surface area (Å²) in [6, 6.07) is 17.1. The zero-order valence-electron chi connectivity index (χ0n) is 12.9. The number of aryl methyl sites for hydroxylation is 1. The molecule has 22 heavy (non-hydrogen) atoms. The Kier molecular flexibility index (Phi) is 5.56. The summed E-state index contributed by atoms with van der Waals surface area (Å²) in [5, 5.41) is 0. The van der Waals surface area contributed by atoms with Crippen LogP contribution >= 0.6 is 0 Å². The minimum absolute atomic E-state index is 0.156. The average Bonchev–Trinajstić information content (AvgIpc) is 2.53. The summed E-state index contributed by atoms with van der Waals surface area (Å²) < 4.78 is 24.9. The van der Waals surface area contributed by atoms with Crippen molar-refractivity contribution in [2.75, 3.05) is 5.75 Å². The van der Waals surface area contributed by atoms with E-state index in [0.717, 1.165) is 12.0 Å². The molecule has 0 spiro atoms. The normalized spacial score (nSPS) is 12.8. The zero-order valence-corrected chi connectivity index (χ0v) is 13.7. The Hall–Kier alpha value is -1.87. The molecule has 0 heterocycles. The fraction of sp³-hybridized carbons (Fsp3) is 0.263. The van der Waals surface area contributed by atoms with Crippen LogP contribution in [0, 0.1) is 6.92 Å². The molecule has 0 aromatic heterocycles. The summed E-state index contributed by atoms with van der Waals surface area (Å²) in [6.45, 7) is 5.74. The third kappa shape index (κ3) is 4.31. The van der Waals surface area contributed by atoms with Crippen LogP contribution in [0.1, 0.15) is 29.9 Å². The quantitative estimate of drug-likeness (QED) is 0.704. The van der Waals surface area contributed by atoms with Crippen molar-refractivity contribution in [1.82, 2.24) is 0 Å². The number of sulfone groups is 1. The van der Waals surface area contributed by atoms with E-state index < -0.39 is 9.84 Å². The van der Waals surface area contributed by atoms with Gasteiger partial charge in [-0.1, -0.05) is 54.1 Å². The van der Waals surface area contributed by atoms with E-state index in [9.17, 15) is 8.42 Å². The van der Waals surface area contributed by atoms with E-state index in [2.05, 4.69) is 6.58 Å². The van der Waals surface area contributed by atoms with Crippen LogP contribution in [-0.2, 0) is 9.84 Å². The smallest absolute Gasteiger partial charge is 0.178 e. The third-order valence-corrected chi connectivity index (χ3v) is 5.60. The van der Waals surface area contributed by atoms with Gasteiger partial charge in [0.2, 0.25) is 0 Å². The molecule has 0 saturated carbocycles. The molecule has 3 heteroatoms. The largest absolute Gasteiger partial charge is 0.224 e. The minimum atomic E-state index is -3.23. The van der Waals surface area contributed by atoms with Gasteiger partial charge in [0.25, 0.3) is 0 Å². The predicted octanol–water partition coefficient (Wildman–Crippen LogP) is 4.52. The molecule has 2 rings (SSSR count). The van der Waals surface area contributed by atoms with Gasteiger partial charge in [-0.25, -0.2) is 8.42 Å². The molecule has 116 valence electrons. The fourth-order valence-corrected chi connectivity index (χ4v) is 3.89. The van der Waals surface area contributed by atoms with Gasteiger partial charge in [0.1, 0.15) is 0 Å². The SMILES string of the molecule is C=CCC(CCS(=O)(=O)c1ccc(C)cc1)c1ccccc1. The highest BCUT2D eigenvalue weighted by molar-refractivity contribution is 7.91. The topological polar surface area (TPSA) is 34.1 Å². The molecular formula is C19H22O2S. The van der Waals surface area contributed by atoms with E-state index in [1.807, 2.05) is 55.5 Å². The molecule has 0 amide bonds. The van der Waals surface area contributed by atoms with Crippen LogP contribution in [-0.4, -0.2) is 14.2 Å². The first kappa shape index (κ1) is 16.5. The second-order valence-electron chi connectivity index (χ2n) is 5.55. The molecule has 0 aliphatic carbocycles. The summed E-state index contributed by atoms with van der Waals surface area (Å²) in [6.07, 6.45) is 3.25. The highest BCUT2D eigenvalue weighted by Gasteiger charge is 2.18. The number of hydrogen-bond donors (Lipinski definition) is 0. The van der Waals surface area contributed by atoms with Crippen molar-refractivity contribution >= 4 is 9.84 Å². The fourth-order valence-electron chi connectivity index (χ4n) is 2.51. The Morgan fingerprint density at radius 1 is 1.05 bits per heavy atom. The lowest BCUT2D eigenvalue weighted by atomic mass is 9.93. The average molecular weight is 314 g/mol. The van der Waals surface area contributed by atoms with E-state index in [1.54, 1.807) is 12.1 Å². The maximum atomic E-state index is 12.5. The minimum Gasteiger partial charge on any atom is -0.224 e. The standard InChI is InChI=1S/C19H22O2S/c1-3-7-17(18-8-5-4-6-9-18)14-15-22(20,21)19-12-10-16(2)11-13-19/h3-6,8-13,17H,1,7,14-15H2,2H3. The summed E-state index contributed by atoms with van der Waals surface area (Å²) in [4.78, 5) is 0.406. The van der Waals surface area contributed by atoms with Crippen LogP contribution in [0.5, 0.6) is 0 Å². The van der Waals surface area contributed by atoms with Crippen molar-refractivity contribution in [3.8, 4) is 0 Å². The molecule has 1 unspecified atom stereocenters.